The minimum atomic E-state index is -0.319. The Hall–Kier alpha value is -4.18. The highest BCUT2D eigenvalue weighted by atomic mass is 16.3. The smallest absolute Gasteiger partial charge is 0.197 e. The van der Waals surface area contributed by atoms with Gasteiger partial charge < -0.3 is 10.2 Å². The fourth-order valence-corrected chi connectivity index (χ4v) is 5.40. The molecule has 6 rings (SSSR count). The van der Waals surface area contributed by atoms with Gasteiger partial charge >= 0.3 is 0 Å². The molecule has 2 aliphatic rings. The maximum absolute atomic E-state index is 13.3. The van der Waals surface area contributed by atoms with Gasteiger partial charge in [-0.15, -0.1) is 0 Å². The van der Waals surface area contributed by atoms with Crippen LogP contribution in [0.3, 0.4) is 0 Å². The monoisotopic (exact) mass is 418 g/mol. The van der Waals surface area contributed by atoms with E-state index in [2.05, 4.69) is 0 Å². The highest BCUT2D eigenvalue weighted by molar-refractivity contribution is 6.16. The minimum Gasteiger partial charge on any atom is -0.507 e. The van der Waals surface area contributed by atoms with Crippen LogP contribution in [0.2, 0.25) is 0 Å². The summed E-state index contributed by atoms with van der Waals surface area (Å²) in [7, 11) is 0. The van der Waals surface area contributed by atoms with Crippen molar-refractivity contribution in [2.24, 2.45) is 0 Å². The van der Waals surface area contributed by atoms with E-state index in [1.807, 2.05) is 48.5 Å². The molecule has 0 radical (unpaired) electrons. The Labute approximate surface area is 184 Å². The molecule has 0 fully saturated rings. The molecule has 4 nitrogen and oxygen atoms in total. The van der Waals surface area contributed by atoms with Crippen molar-refractivity contribution in [2.45, 2.75) is 11.8 Å². The summed E-state index contributed by atoms with van der Waals surface area (Å²) in [6, 6.07) is 25.1. The first-order chi connectivity index (χ1) is 15.6. The van der Waals surface area contributed by atoms with Crippen molar-refractivity contribution in [3.05, 3.63) is 129 Å². The third kappa shape index (κ3) is 2.38. The average Bonchev–Trinajstić information content (AvgIpc) is 2.81. The van der Waals surface area contributed by atoms with E-state index in [9.17, 15) is 19.8 Å². The quantitative estimate of drug-likeness (QED) is 0.448. The van der Waals surface area contributed by atoms with Crippen LogP contribution in [0.4, 0.5) is 0 Å². The first kappa shape index (κ1) is 18.6. The number of carbonyl (C=O) groups excluding carboxylic acids is 2. The van der Waals surface area contributed by atoms with Crippen LogP contribution in [-0.4, -0.2) is 21.8 Å². The van der Waals surface area contributed by atoms with Gasteiger partial charge in [0.05, 0.1) is 11.1 Å². The number of hydrogen-bond donors (Lipinski definition) is 2. The van der Waals surface area contributed by atoms with Gasteiger partial charge in [0, 0.05) is 23.0 Å². The largest absolute Gasteiger partial charge is 0.507 e. The number of phenols is 2. The van der Waals surface area contributed by atoms with Crippen molar-refractivity contribution < 1.29 is 19.8 Å². The molecule has 32 heavy (non-hydrogen) atoms. The number of fused-ring (bicyclic) bond motifs is 4. The lowest BCUT2D eigenvalue weighted by Crippen LogP contribution is -2.29. The van der Waals surface area contributed by atoms with Crippen molar-refractivity contribution in [2.75, 3.05) is 0 Å². The van der Waals surface area contributed by atoms with Gasteiger partial charge in [-0.2, -0.15) is 0 Å². The van der Waals surface area contributed by atoms with Gasteiger partial charge in [-0.05, 0) is 34.4 Å². The number of benzene rings is 4. The van der Waals surface area contributed by atoms with Gasteiger partial charge in [0.1, 0.15) is 11.5 Å². The van der Waals surface area contributed by atoms with Crippen LogP contribution < -0.4 is 0 Å². The van der Waals surface area contributed by atoms with Gasteiger partial charge in [0.25, 0.3) is 0 Å². The highest BCUT2D eigenvalue weighted by Gasteiger charge is 2.43. The molecule has 0 amide bonds. The van der Waals surface area contributed by atoms with Crippen LogP contribution in [-0.2, 0) is 0 Å². The van der Waals surface area contributed by atoms with E-state index >= 15 is 0 Å². The fourth-order valence-electron chi connectivity index (χ4n) is 5.40. The Bertz CT molecular complexity index is 1340. The highest BCUT2D eigenvalue weighted by Crippen LogP contribution is 2.53. The van der Waals surface area contributed by atoms with Crippen molar-refractivity contribution >= 4 is 11.6 Å². The molecule has 4 heteroatoms. The van der Waals surface area contributed by atoms with E-state index in [0.29, 0.717) is 22.3 Å². The molecule has 0 aromatic heterocycles. The predicted molar refractivity (Wildman–Crippen MR) is 120 cm³/mol. The van der Waals surface area contributed by atoms with Gasteiger partial charge in [-0.1, -0.05) is 72.8 Å². The molecular formula is C28H18O4. The summed E-state index contributed by atoms with van der Waals surface area (Å²) >= 11 is 0. The summed E-state index contributed by atoms with van der Waals surface area (Å²) < 4.78 is 0. The lowest BCUT2D eigenvalue weighted by Gasteiger charge is -2.38. The van der Waals surface area contributed by atoms with E-state index in [0.717, 1.165) is 22.3 Å². The predicted octanol–water partition coefficient (Wildman–Crippen LogP) is 5.15. The summed E-state index contributed by atoms with van der Waals surface area (Å²) in [6.45, 7) is 0. The zero-order valence-corrected chi connectivity index (χ0v) is 16.9. The molecular weight excluding hydrogens is 400 g/mol. The molecule has 2 aliphatic carbocycles. The molecule has 4 aromatic carbocycles. The number of hydrogen-bond acceptors (Lipinski definition) is 4. The number of phenolic OH excluding ortho intramolecular Hbond substituents is 2. The molecule has 154 valence electrons. The minimum absolute atomic E-state index is 0.0525. The fraction of sp³-hybridized carbons (Fsp3) is 0.0714. The van der Waals surface area contributed by atoms with Crippen molar-refractivity contribution in [1.82, 2.24) is 0 Å². The molecule has 0 heterocycles. The lowest BCUT2D eigenvalue weighted by atomic mass is 9.64. The first-order valence-electron chi connectivity index (χ1n) is 10.5. The Morgan fingerprint density at radius 3 is 1.28 bits per heavy atom. The van der Waals surface area contributed by atoms with Gasteiger partial charge in [0.2, 0.25) is 0 Å². The van der Waals surface area contributed by atoms with E-state index in [1.165, 1.54) is 12.1 Å². The maximum atomic E-state index is 13.3. The van der Waals surface area contributed by atoms with Gasteiger partial charge in [0.15, 0.2) is 11.6 Å². The molecule has 2 atom stereocenters. The zero-order valence-electron chi connectivity index (χ0n) is 16.9. The molecule has 0 spiro atoms. The molecule has 2 unspecified atom stereocenters. The second-order valence-corrected chi connectivity index (χ2v) is 8.27. The van der Waals surface area contributed by atoms with Crippen molar-refractivity contribution in [1.29, 1.82) is 0 Å². The van der Waals surface area contributed by atoms with Crippen molar-refractivity contribution in [3.8, 4) is 11.5 Å². The number of rotatable bonds is 1. The van der Waals surface area contributed by atoms with Crippen LogP contribution in [0.1, 0.15) is 65.9 Å². The third-order valence-electron chi connectivity index (χ3n) is 6.69. The Balaban J connectivity index is 1.73. The summed E-state index contributed by atoms with van der Waals surface area (Å²) in [5.74, 6) is -1.16. The number of ketones is 2. The SMILES string of the molecule is O=C1c2ccccc2C(C2c3ccccc3C(=O)c3c(O)cccc32)c2cccc(O)c21. The average molecular weight is 418 g/mol. The zero-order chi connectivity index (χ0) is 22.0. The molecule has 0 saturated carbocycles. The standard InChI is InChI=1S/C28H18O4/c29-21-13-5-11-19-23(15-7-1-3-9-17(15)27(31)25(19)21)24-16-8-2-4-10-18(16)28(32)26-20(24)12-6-14-22(26)30/h1-14,23-24,29-30H. The second-order valence-electron chi connectivity index (χ2n) is 8.27. The van der Waals surface area contributed by atoms with Crippen LogP contribution >= 0.6 is 0 Å². The Kier molecular flexibility index (Phi) is 3.87. The number of aromatic hydroxyl groups is 2. The van der Waals surface area contributed by atoms with E-state index in [4.69, 9.17) is 0 Å². The Morgan fingerprint density at radius 1 is 0.469 bits per heavy atom. The molecule has 0 saturated heterocycles. The lowest BCUT2D eigenvalue weighted by molar-refractivity contribution is 0.101. The summed E-state index contributed by atoms with van der Waals surface area (Å²) in [6.07, 6.45) is 0. The van der Waals surface area contributed by atoms with Gasteiger partial charge in [-0.3, -0.25) is 9.59 Å². The summed E-state index contributed by atoms with van der Waals surface area (Å²) in [5, 5.41) is 21.3. The molecule has 0 bridgehead atoms. The van der Waals surface area contributed by atoms with Crippen LogP contribution in [0, 0.1) is 0 Å². The van der Waals surface area contributed by atoms with Crippen LogP contribution in [0.15, 0.2) is 84.9 Å². The summed E-state index contributed by atoms with van der Waals surface area (Å²) in [4.78, 5) is 26.6. The van der Waals surface area contributed by atoms with E-state index < -0.39 is 0 Å². The normalized spacial score (nSPS) is 18.4. The first-order valence-corrected chi connectivity index (χ1v) is 10.5. The van der Waals surface area contributed by atoms with E-state index in [1.54, 1.807) is 24.3 Å². The Morgan fingerprint density at radius 2 is 0.844 bits per heavy atom. The van der Waals surface area contributed by atoms with Crippen molar-refractivity contribution in [3.63, 3.8) is 0 Å². The molecule has 2 N–H and O–H groups in total. The molecule has 4 aromatic rings. The third-order valence-corrected chi connectivity index (χ3v) is 6.69. The van der Waals surface area contributed by atoms with Gasteiger partial charge in [-0.25, -0.2) is 0 Å². The van der Waals surface area contributed by atoms with Crippen LogP contribution in [0.25, 0.3) is 0 Å². The van der Waals surface area contributed by atoms with Crippen LogP contribution in [0.5, 0.6) is 11.5 Å². The maximum Gasteiger partial charge on any atom is 0.197 e. The molecule has 0 aliphatic heterocycles. The number of carbonyl (C=O) groups is 2. The topological polar surface area (TPSA) is 74.6 Å². The second kappa shape index (κ2) is 6.66. The summed E-state index contributed by atoms with van der Waals surface area (Å²) in [5.41, 5.74) is 4.82. The van der Waals surface area contributed by atoms with E-state index in [-0.39, 0.29) is 34.9 Å².